The number of nitrogens with one attached hydrogen (secondary N) is 1. The molecule has 0 spiro atoms. The fraction of sp³-hybridized carbons (Fsp3) is 0.0667. The SMILES string of the molecule is CN1C(=O)/C(=C/c2cccc3ccccc23)NC1=S. The molecule has 1 amide bonds. The van der Waals surface area contributed by atoms with Gasteiger partial charge in [0.15, 0.2) is 5.11 Å². The largest absolute Gasteiger partial charge is 0.328 e. The maximum atomic E-state index is 12.0. The normalized spacial score (nSPS) is 17.3. The van der Waals surface area contributed by atoms with E-state index < -0.39 is 0 Å². The lowest BCUT2D eigenvalue weighted by Crippen LogP contribution is -2.25. The molecular weight excluding hydrogens is 256 g/mol. The van der Waals surface area contributed by atoms with Gasteiger partial charge >= 0.3 is 0 Å². The van der Waals surface area contributed by atoms with E-state index in [0.717, 1.165) is 16.3 Å². The predicted molar refractivity (Wildman–Crippen MR) is 80.4 cm³/mol. The number of benzene rings is 2. The minimum Gasteiger partial charge on any atom is -0.328 e. The van der Waals surface area contributed by atoms with Crippen LogP contribution in [-0.2, 0) is 4.79 Å². The molecule has 3 rings (SSSR count). The third-order valence-corrected chi connectivity index (χ3v) is 3.58. The molecule has 1 saturated heterocycles. The van der Waals surface area contributed by atoms with E-state index in [2.05, 4.69) is 17.4 Å². The first kappa shape index (κ1) is 11.9. The van der Waals surface area contributed by atoms with E-state index in [-0.39, 0.29) is 5.91 Å². The van der Waals surface area contributed by atoms with Gasteiger partial charge in [-0.15, -0.1) is 0 Å². The summed E-state index contributed by atoms with van der Waals surface area (Å²) < 4.78 is 0. The number of hydrogen-bond acceptors (Lipinski definition) is 2. The van der Waals surface area contributed by atoms with Crippen molar-refractivity contribution in [2.24, 2.45) is 0 Å². The van der Waals surface area contributed by atoms with E-state index in [1.54, 1.807) is 7.05 Å². The summed E-state index contributed by atoms with van der Waals surface area (Å²) in [5.74, 6) is -0.0991. The van der Waals surface area contributed by atoms with E-state index in [1.807, 2.05) is 36.4 Å². The molecule has 0 aliphatic carbocycles. The molecule has 2 aromatic rings. The molecule has 0 radical (unpaired) electrons. The summed E-state index contributed by atoms with van der Waals surface area (Å²) in [6, 6.07) is 14.1. The monoisotopic (exact) mass is 268 g/mol. The van der Waals surface area contributed by atoms with Crippen molar-refractivity contribution < 1.29 is 4.79 Å². The lowest BCUT2D eigenvalue weighted by Gasteiger charge is -2.03. The second kappa shape index (κ2) is 4.48. The highest BCUT2D eigenvalue weighted by Crippen LogP contribution is 2.21. The highest BCUT2D eigenvalue weighted by Gasteiger charge is 2.26. The van der Waals surface area contributed by atoms with Crippen LogP contribution in [0.5, 0.6) is 0 Å². The average Bonchev–Trinajstić information content (AvgIpc) is 2.67. The number of rotatable bonds is 1. The molecule has 1 fully saturated rings. The quantitative estimate of drug-likeness (QED) is 0.637. The predicted octanol–water partition coefficient (Wildman–Crippen LogP) is 2.53. The fourth-order valence-electron chi connectivity index (χ4n) is 2.16. The van der Waals surface area contributed by atoms with Crippen molar-refractivity contribution >= 4 is 40.1 Å². The molecule has 4 heteroatoms. The Balaban J connectivity index is 2.12. The maximum Gasteiger partial charge on any atom is 0.276 e. The number of hydrogen-bond donors (Lipinski definition) is 1. The first-order valence-electron chi connectivity index (χ1n) is 5.95. The van der Waals surface area contributed by atoms with Gasteiger partial charge < -0.3 is 5.32 Å². The molecule has 3 nitrogen and oxygen atoms in total. The Morgan fingerprint density at radius 3 is 2.63 bits per heavy atom. The molecule has 0 atom stereocenters. The Kier molecular flexibility index (Phi) is 2.80. The van der Waals surface area contributed by atoms with E-state index in [4.69, 9.17) is 12.2 Å². The summed E-state index contributed by atoms with van der Waals surface area (Å²) in [7, 11) is 1.67. The Labute approximate surface area is 116 Å². The van der Waals surface area contributed by atoms with E-state index in [1.165, 1.54) is 4.90 Å². The van der Waals surface area contributed by atoms with Crippen LogP contribution in [0.4, 0.5) is 0 Å². The summed E-state index contributed by atoms with van der Waals surface area (Å²) in [5, 5.41) is 5.65. The van der Waals surface area contributed by atoms with E-state index in [9.17, 15) is 4.79 Å². The smallest absolute Gasteiger partial charge is 0.276 e. The Hall–Kier alpha value is -2.20. The molecule has 0 aromatic heterocycles. The molecule has 0 unspecified atom stereocenters. The van der Waals surface area contributed by atoms with Crippen molar-refractivity contribution in [3.05, 3.63) is 53.7 Å². The van der Waals surface area contributed by atoms with Gasteiger partial charge in [-0.25, -0.2) is 0 Å². The zero-order valence-electron chi connectivity index (χ0n) is 10.4. The van der Waals surface area contributed by atoms with Gasteiger partial charge in [0.2, 0.25) is 0 Å². The number of nitrogens with zero attached hydrogens (tertiary/aromatic N) is 1. The Bertz CT molecular complexity index is 716. The molecule has 1 N–H and O–H groups in total. The van der Waals surface area contributed by atoms with Crippen LogP contribution in [0.1, 0.15) is 5.56 Å². The minimum absolute atomic E-state index is 0.0991. The number of amides is 1. The van der Waals surface area contributed by atoms with Gasteiger partial charge in [0.25, 0.3) is 5.91 Å². The van der Waals surface area contributed by atoms with Crippen LogP contribution in [0.25, 0.3) is 16.8 Å². The third kappa shape index (κ3) is 2.00. The molecular formula is C15H12N2OS. The molecule has 1 aliphatic heterocycles. The Morgan fingerprint density at radius 1 is 1.16 bits per heavy atom. The van der Waals surface area contributed by atoms with Gasteiger partial charge in [-0.2, -0.15) is 0 Å². The number of thiocarbonyl (C=S) groups is 1. The van der Waals surface area contributed by atoms with Crippen LogP contribution in [0.15, 0.2) is 48.2 Å². The van der Waals surface area contributed by atoms with Crippen LogP contribution in [-0.4, -0.2) is 23.0 Å². The molecule has 0 bridgehead atoms. The highest BCUT2D eigenvalue weighted by atomic mass is 32.1. The molecule has 1 heterocycles. The summed E-state index contributed by atoms with van der Waals surface area (Å²) in [6.07, 6.45) is 1.85. The molecule has 0 saturated carbocycles. The van der Waals surface area contributed by atoms with Gasteiger partial charge in [0, 0.05) is 7.05 Å². The lowest BCUT2D eigenvalue weighted by molar-refractivity contribution is -0.121. The van der Waals surface area contributed by atoms with Gasteiger partial charge in [-0.3, -0.25) is 9.69 Å². The van der Waals surface area contributed by atoms with Crippen molar-refractivity contribution in [3.8, 4) is 0 Å². The van der Waals surface area contributed by atoms with Crippen molar-refractivity contribution in [1.82, 2.24) is 10.2 Å². The molecule has 19 heavy (non-hydrogen) atoms. The molecule has 94 valence electrons. The van der Waals surface area contributed by atoms with Crippen LogP contribution in [0.2, 0.25) is 0 Å². The fourth-order valence-corrected chi connectivity index (χ4v) is 2.35. The van der Waals surface area contributed by atoms with E-state index in [0.29, 0.717) is 10.8 Å². The van der Waals surface area contributed by atoms with Crippen LogP contribution >= 0.6 is 12.2 Å². The zero-order valence-corrected chi connectivity index (χ0v) is 11.2. The number of likely N-dealkylation sites (N-methyl/N-ethyl adjacent to an activating group) is 1. The molecule has 2 aromatic carbocycles. The van der Waals surface area contributed by atoms with Crippen molar-refractivity contribution in [2.45, 2.75) is 0 Å². The first-order valence-corrected chi connectivity index (χ1v) is 6.36. The van der Waals surface area contributed by atoms with Gasteiger partial charge in [-0.1, -0.05) is 42.5 Å². The van der Waals surface area contributed by atoms with Gasteiger partial charge in [0.1, 0.15) is 5.70 Å². The van der Waals surface area contributed by atoms with Gasteiger partial charge in [-0.05, 0) is 34.6 Å². The van der Waals surface area contributed by atoms with Gasteiger partial charge in [0.05, 0.1) is 0 Å². The molecule has 1 aliphatic rings. The third-order valence-electron chi connectivity index (χ3n) is 3.20. The maximum absolute atomic E-state index is 12.0. The summed E-state index contributed by atoms with van der Waals surface area (Å²) in [6.45, 7) is 0. The zero-order chi connectivity index (χ0) is 13.4. The topological polar surface area (TPSA) is 32.3 Å². The van der Waals surface area contributed by atoms with Crippen molar-refractivity contribution in [2.75, 3.05) is 7.05 Å². The number of carbonyl (C=O) groups excluding carboxylic acids is 1. The van der Waals surface area contributed by atoms with Crippen LogP contribution < -0.4 is 5.32 Å². The summed E-state index contributed by atoms with van der Waals surface area (Å²) in [5.41, 5.74) is 1.52. The van der Waals surface area contributed by atoms with Crippen molar-refractivity contribution in [1.29, 1.82) is 0 Å². The van der Waals surface area contributed by atoms with Crippen LogP contribution in [0, 0.1) is 0 Å². The minimum atomic E-state index is -0.0991. The number of carbonyl (C=O) groups is 1. The second-order valence-electron chi connectivity index (χ2n) is 4.42. The van der Waals surface area contributed by atoms with Crippen LogP contribution in [0.3, 0.4) is 0 Å². The average molecular weight is 268 g/mol. The second-order valence-corrected chi connectivity index (χ2v) is 4.81. The van der Waals surface area contributed by atoms with Crippen molar-refractivity contribution in [3.63, 3.8) is 0 Å². The summed E-state index contributed by atoms with van der Waals surface area (Å²) in [4.78, 5) is 13.4. The standard InChI is InChI=1S/C15H12N2OS/c1-17-14(18)13(16-15(17)19)9-11-7-4-6-10-5-2-3-8-12(10)11/h2-9H,1H3,(H,16,19)/b13-9-. The summed E-state index contributed by atoms with van der Waals surface area (Å²) >= 11 is 5.06. The van der Waals surface area contributed by atoms with E-state index >= 15 is 0 Å². The first-order chi connectivity index (χ1) is 9.16. The lowest BCUT2D eigenvalue weighted by atomic mass is 10.0. The highest BCUT2D eigenvalue weighted by molar-refractivity contribution is 7.80. The Morgan fingerprint density at radius 2 is 1.89 bits per heavy atom. The number of fused-ring (bicyclic) bond motifs is 1.